The minimum Gasteiger partial charge on any atom is -0.307 e. The van der Waals surface area contributed by atoms with Crippen molar-refractivity contribution in [2.24, 2.45) is 0 Å². The number of aromatic nitrogens is 6. The van der Waals surface area contributed by atoms with Crippen LogP contribution in [0.15, 0.2) is 170 Å². The van der Waals surface area contributed by atoms with Crippen LogP contribution in [0.25, 0.3) is 89.2 Å². The highest BCUT2D eigenvalue weighted by Crippen LogP contribution is 2.37. The lowest BCUT2D eigenvalue weighted by molar-refractivity contribution is 0.951. The first-order valence-electron chi connectivity index (χ1n) is 16.7. The Morgan fingerprint density at radius 3 is 1.68 bits per heavy atom. The molecule has 6 nitrogen and oxygen atoms in total. The minimum absolute atomic E-state index is 0.561. The van der Waals surface area contributed by atoms with Crippen molar-refractivity contribution in [2.45, 2.75) is 0 Å². The van der Waals surface area contributed by atoms with Gasteiger partial charge in [0.1, 0.15) is 0 Å². The molecule has 4 aromatic heterocycles. The van der Waals surface area contributed by atoms with Crippen LogP contribution in [0.1, 0.15) is 0 Å². The summed E-state index contributed by atoms with van der Waals surface area (Å²) in [5.41, 5.74) is 9.20. The molecule has 50 heavy (non-hydrogen) atoms. The molecule has 0 amide bonds. The third kappa shape index (κ3) is 4.43. The van der Waals surface area contributed by atoms with Crippen LogP contribution >= 0.6 is 0 Å². The number of fused-ring (bicyclic) bond motifs is 6. The average Bonchev–Trinajstić information content (AvgIpc) is 3.71. The van der Waals surface area contributed by atoms with Crippen LogP contribution in [0.5, 0.6) is 0 Å². The number of pyridine rings is 1. The van der Waals surface area contributed by atoms with Gasteiger partial charge in [0.15, 0.2) is 11.6 Å². The van der Waals surface area contributed by atoms with E-state index in [2.05, 4.69) is 160 Å². The number of hydrogen-bond acceptors (Lipinski definition) is 4. The average molecular weight is 641 g/mol. The van der Waals surface area contributed by atoms with Gasteiger partial charge in [-0.25, -0.2) is 4.98 Å². The predicted octanol–water partition coefficient (Wildman–Crippen LogP) is 10.5. The Morgan fingerprint density at radius 2 is 0.940 bits per heavy atom. The first kappa shape index (κ1) is 28.1. The summed E-state index contributed by atoms with van der Waals surface area (Å²) in [5, 5.41) is 4.61. The summed E-state index contributed by atoms with van der Waals surface area (Å²) in [6.45, 7) is 0. The molecule has 0 bridgehead atoms. The van der Waals surface area contributed by atoms with Gasteiger partial charge >= 0.3 is 0 Å². The lowest BCUT2D eigenvalue weighted by Gasteiger charge is -2.15. The van der Waals surface area contributed by atoms with Crippen molar-refractivity contribution in [3.05, 3.63) is 170 Å². The quantitative estimate of drug-likeness (QED) is 0.188. The van der Waals surface area contributed by atoms with Gasteiger partial charge < -0.3 is 4.57 Å². The molecule has 0 aliphatic heterocycles. The smallest absolute Gasteiger partial charge is 0.238 e. The highest BCUT2D eigenvalue weighted by atomic mass is 15.2. The van der Waals surface area contributed by atoms with Gasteiger partial charge in [0.2, 0.25) is 5.95 Å². The van der Waals surface area contributed by atoms with Gasteiger partial charge in [-0.3, -0.25) is 9.55 Å². The van der Waals surface area contributed by atoms with Gasteiger partial charge in [-0.05, 0) is 53.6 Å². The molecule has 0 saturated carbocycles. The molecule has 0 spiro atoms. The highest BCUT2D eigenvalue weighted by molar-refractivity contribution is 6.10. The molecule has 0 unspecified atom stereocenters. The fourth-order valence-electron chi connectivity index (χ4n) is 7.26. The number of benzene rings is 6. The molecule has 10 aromatic rings. The van der Waals surface area contributed by atoms with Crippen LogP contribution in [-0.4, -0.2) is 29.1 Å². The zero-order chi connectivity index (χ0) is 33.0. The highest BCUT2D eigenvalue weighted by Gasteiger charge is 2.21. The summed E-state index contributed by atoms with van der Waals surface area (Å²) in [6.07, 6.45) is 3.79. The molecule has 6 aromatic carbocycles. The van der Waals surface area contributed by atoms with Gasteiger partial charge in [0.05, 0.1) is 34.0 Å². The van der Waals surface area contributed by atoms with Gasteiger partial charge in [-0.1, -0.05) is 115 Å². The fourth-order valence-corrected chi connectivity index (χ4v) is 7.26. The Morgan fingerprint density at radius 1 is 0.380 bits per heavy atom. The Labute approximate surface area is 287 Å². The van der Waals surface area contributed by atoms with E-state index in [-0.39, 0.29) is 0 Å². The molecule has 10 rings (SSSR count). The van der Waals surface area contributed by atoms with Crippen LogP contribution in [0, 0.1) is 0 Å². The molecular formula is C44H28N6. The zero-order valence-electron chi connectivity index (χ0n) is 26.8. The van der Waals surface area contributed by atoms with Gasteiger partial charge in [0, 0.05) is 38.9 Å². The van der Waals surface area contributed by atoms with E-state index in [1.54, 1.807) is 0 Å². The molecule has 0 atom stereocenters. The van der Waals surface area contributed by atoms with Crippen molar-refractivity contribution >= 4 is 43.6 Å². The number of para-hydroxylation sites is 4. The van der Waals surface area contributed by atoms with Crippen LogP contribution < -0.4 is 0 Å². The maximum atomic E-state index is 5.29. The van der Waals surface area contributed by atoms with E-state index in [1.165, 1.54) is 5.39 Å². The number of hydrogen-bond donors (Lipinski definition) is 0. The Bertz CT molecular complexity index is 2780. The first-order valence-corrected chi connectivity index (χ1v) is 16.7. The molecular weight excluding hydrogens is 613 g/mol. The van der Waals surface area contributed by atoms with Crippen LogP contribution in [-0.2, 0) is 0 Å². The van der Waals surface area contributed by atoms with Crippen molar-refractivity contribution in [2.75, 3.05) is 0 Å². The van der Waals surface area contributed by atoms with E-state index in [9.17, 15) is 0 Å². The van der Waals surface area contributed by atoms with Gasteiger partial charge in [0.25, 0.3) is 0 Å². The second-order valence-corrected chi connectivity index (χ2v) is 12.4. The van der Waals surface area contributed by atoms with Crippen LogP contribution in [0.2, 0.25) is 0 Å². The SMILES string of the molecule is c1ccc(-c2cccc(-c3nc(-c4ccccc4-n4c5ccccc5c5ccncc54)nc(-n4c5ccccc5c5ccccc54)n3)c2)cc1. The minimum atomic E-state index is 0.561. The topological polar surface area (TPSA) is 61.4 Å². The van der Waals surface area contributed by atoms with E-state index in [0.717, 1.165) is 66.2 Å². The maximum Gasteiger partial charge on any atom is 0.238 e. The van der Waals surface area contributed by atoms with E-state index in [1.807, 2.05) is 24.5 Å². The summed E-state index contributed by atoms with van der Waals surface area (Å²) in [4.78, 5) is 20.3. The molecule has 4 heterocycles. The second kappa shape index (κ2) is 11.4. The van der Waals surface area contributed by atoms with E-state index in [0.29, 0.717) is 17.6 Å². The molecule has 0 saturated heterocycles. The molecule has 0 radical (unpaired) electrons. The molecule has 6 heteroatoms. The van der Waals surface area contributed by atoms with Crippen molar-refractivity contribution in [1.29, 1.82) is 0 Å². The Kier molecular flexibility index (Phi) is 6.39. The summed E-state index contributed by atoms with van der Waals surface area (Å²) < 4.78 is 4.43. The third-order valence-corrected chi connectivity index (χ3v) is 9.49. The Hall–Kier alpha value is -6.92. The summed E-state index contributed by atoms with van der Waals surface area (Å²) in [6, 6.07) is 54.6. The summed E-state index contributed by atoms with van der Waals surface area (Å²) in [7, 11) is 0. The molecule has 0 fully saturated rings. The van der Waals surface area contributed by atoms with E-state index >= 15 is 0 Å². The monoisotopic (exact) mass is 640 g/mol. The van der Waals surface area contributed by atoms with Crippen molar-refractivity contribution in [3.8, 4) is 45.5 Å². The van der Waals surface area contributed by atoms with Crippen molar-refractivity contribution in [3.63, 3.8) is 0 Å². The normalized spacial score (nSPS) is 11.6. The third-order valence-electron chi connectivity index (χ3n) is 9.49. The molecule has 0 aliphatic carbocycles. The Balaban J connectivity index is 1.27. The zero-order valence-corrected chi connectivity index (χ0v) is 26.8. The lowest BCUT2D eigenvalue weighted by Crippen LogP contribution is -2.07. The van der Waals surface area contributed by atoms with Crippen molar-refractivity contribution in [1.82, 2.24) is 29.1 Å². The van der Waals surface area contributed by atoms with E-state index in [4.69, 9.17) is 15.0 Å². The summed E-state index contributed by atoms with van der Waals surface area (Å²) >= 11 is 0. The first-order chi connectivity index (χ1) is 24.8. The lowest BCUT2D eigenvalue weighted by atomic mass is 10.0. The number of rotatable bonds is 5. The standard InChI is InChI=1S/C44H28N6/c1-2-13-29(14-3-1)30-15-12-16-31(27-30)42-46-43(48-44(47-42)50-38-22-9-5-17-32(38)33-18-6-10-23-39(33)50)36-20-7-11-24-40(36)49-37-21-8-4-19-34(37)35-25-26-45-28-41(35)49/h1-28H. The van der Waals surface area contributed by atoms with E-state index < -0.39 is 0 Å². The molecule has 0 N–H and O–H groups in total. The van der Waals surface area contributed by atoms with Gasteiger partial charge in [-0.2, -0.15) is 9.97 Å². The molecule has 0 aliphatic rings. The summed E-state index contributed by atoms with van der Waals surface area (Å²) in [5.74, 6) is 1.75. The van der Waals surface area contributed by atoms with Crippen molar-refractivity contribution < 1.29 is 0 Å². The maximum absolute atomic E-state index is 5.29. The second-order valence-electron chi connectivity index (χ2n) is 12.4. The van der Waals surface area contributed by atoms with Crippen LogP contribution in [0.3, 0.4) is 0 Å². The molecule has 234 valence electrons. The predicted molar refractivity (Wildman–Crippen MR) is 203 cm³/mol. The van der Waals surface area contributed by atoms with Gasteiger partial charge in [-0.15, -0.1) is 0 Å². The number of nitrogens with zero attached hydrogens (tertiary/aromatic N) is 6. The fraction of sp³-hybridized carbons (Fsp3) is 0. The largest absolute Gasteiger partial charge is 0.307 e. The van der Waals surface area contributed by atoms with Crippen LogP contribution in [0.4, 0.5) is 0 Å².